The first-order valence-electron chi connectivity index (χ1n) is 9.77. The Bertz CT molecular complexity index is 1300. The minimum Gasteiger partial charge on any atom is -0.487 e. The summed E-state index contributed by atoms with van der Waals surface area (Å²) in [6.45, 7) is 0.354. The van der Waals surface area contributed by atoms with Crippen molar-refractivity contribution in [2.45, 2.75) is 13.2 Å². The molecule has 0 unspecified atom stereocenters. The first-order valence-corrected chi connectivity index (χ1v) is 12.9. The highest BCUT2D eigenvalue weighted by Gasteiger charge is 2.35. The van der Waals surface area contributed by atoms with E-state index in [1.54, 1.807) is 42.5 Å². The molecule has 1 saturated heterocycles. The number of thioether (sulfide) groups is 1. The Morgan fingerprint density at radius 1 is 0.941 bits per heavy atom. The van der Waals surface area contributed by atoms with E-state index in [2.05, 4.69) is 31.9 Å². The van der Waals surface area contributed by atoms with E-state index in [4.69, 9.17) is 27.9 Å². The molecule has 1 aliphatic rings. The fourth-order valence-electron chi connectivity index (χ4n) is 3.15. The van der Waals surface area contributed by atoms with Crippen molar-refractivity contribution in [3.63, 3.8) is 0 Å². The SMILES string of the molecule is O=C1SC(=Cc2cc(Br)c(OCc3ccc(Cl)c(Cl)c3)c(Br)c2)C(=O)N1Cc1ccc(F)cc1. The molecule has 0 saturated carbocycles. The van der Waals surface area contributed by atoms with Crippen LogP contribution in [0.2, 0.25) is 10.0 Å². The molecule has 0 aromatic heterocycles. The standard InChI is InChI=1S/C24H14Br2Cl2FNO3S/c25-17-7-15(8-18(26)22(17)33-12-14-3-6-19(27)20(28)9-14)10-21-23(31)30(24(32)34-21)11-13-1-4-16(29)5-2-13/h1-10H,11-12H2. The molecule has 0 bridgehead atoms. The summed E-state index contributed by atoms with van der Waals surface area (Å²) in [5.74, 6) is -0.197. The summed E-state index contributed by atoms with van der Waals surface area (Å²) in [6.07, 6.45) is 1.65. The van der Waals surface area contributed by atoms with Crippen LogP contribution in [-0.2, 0) is 17.9 Å². The number of carbonyl (C=O) groups excluding carboxylic acids is 2. The number of ether oxygens (including phenoxy) is 1. The molecule has 1 heterocycles. The smallest absolute Gasteiger partial charge is 0.293 e. The molecule has 1 aliphatic heterocycles. The average molecular weight is 646 g/mol. The summed E-state index contributed by atoms with van der Waals surface area (Å²) in [6, 6.07) is 14.6. The Kier molecular flexibility index (Phi) is 8.05. The maximum atomic E-state index is 13.1. The molecule has 0 atom stereocenters. The van der Waals surface area contributed by atoms with Crippen LogP contribution in [0.4, 0.5) is 9.18 Å². The molecule has 0 aliphatic carbocycles. The van der Waals surface area contributed by atoms with Crippen LogP contribution in [0, 0.1) is 5.82 Å². The van der Waals surface area contributed by atoms with Crippen molar-refractivity contribution in [1.29, 1.82) is 0 Å². The van der Waals surface area contributed by atoms with Crippen LogP contribution in [0.15, 0.2) is 68.4 Å². The second kappa shape index (κ2) is 10.8. The van der Waals surface area contributed by atoms with Gasteiger partial charge in [-0.2, -0.15) is 0 Å². The predicted molar refractivity (Wildman–Crippen MR) is 141 cm³/mol. The van der Waals surface area contributed by atoms with Crippen LogP contribution in [0.5, 0.6) is 5.75 Å². The van der Waals surface area contributed by atoms with Crippen LogP contribution in [0.25, 0.3) is 6.08 Å². The van der Waals surface area contributed by atoms with Gasteiger partial charge in [0.1, 0.15) is 18.2 Å². The molecule has 3 aromatic carbocycles. The molecule has 1 fully saturated rings. The molecular formula is C24H14Br2Cl2FNO3S. The van der Waals surface area contributed by atoms with Crippen LogP contribution < -0.4 is 4.74 Å². The number of benzene rings is 3. The first kappa shape index (κ1) is 25.3. The van der Waals surface area contributed by atoms with E-state index in [0.29, 0.717) is 40.8 Å². The van der Waals surface area contributed by atoms with E-state index in [0.717, 1.165) is 22.2 Å². The van der Waals surface area contributed by atoms with Crippen molar-refractivity contribution >= 4 is 84.0 Å². The number of hydrogen-bond acceptors (Lipinski definition) is 4. The monoisotopic (exact) mass is 643 g/mol. The summed E-state index contributed by atoms with van der Waals surface area (Å²) >= 11 is 19.9. The lowest BCUT2D eigenvalue weighted by atomic mass is 10.2. The highest BCUT2D eigenvalue weighted by molar-refractivity contribution is 9.11. The Morgan fingerprint density at radius 2 is 1.59 bits per heavy atom. The minimum atomic E-state index is -0.397. The maximum absolute atomic E-state index is 13.1. The topological polar surface area (TPSA) is 46.6 Å². The van der Waals surface area contributed by atoms with E-state index in [-0.39, 0.29) is 24.2 Å². The summed E-state index contributed by atoms with van der Waals surface area (Å²) in [5.41, 5.74) is 2.22. The van der Waals surface area contributed by atoms with Crippen LogP contribution in [0.3, 0.4) is 0 Å². The van der Waals surface area contributed by atoms with E-state index in [9.17, 15) is 14.0 Å². The fraction of sp³-hybridized carbons (Fsp3) is 0.0833. The highest BCUT2D eigenvalue weighted by Crippen LogP contribution is 2.38. The summed E-state index contributed by atoms with van der Waals surface area (Å²) in [5, 5.41) is 0.545. The third-order valence-corrected chi connectivity index (χ3v) is 7.64. The Hall–Kier alpha value is -1.84. The molecule has 4 rings (SSSR count). The van der Waals surface area contributed by atoms with Crippen LogP contribution in [-0.4, -0.2) is 16.0 Å². The zero-order valence-corrected chi connectivity index (χ0v) is 22.7. The fourth-order valence-corrected chi connectivity index (χ4v) is 5.76. The van der Waals surface area contributed by atoms with Crippen molar-refractivity contribution in [2.75, 3.05) is 0 Å². The zero-order chi connectivity index (χ0) is 24.4. The number of nitrogens with zero attached hydrogens (tertiary/aromatic N) is 1. The third-order valence-electron chi connectivity index (χ3n) is 4.81. The van der Waals surface area contributed by atoms with Crippen molar-refractivity contribution in [3.05, 3.63) is 101 Å². The van der Waals surface area contributed by atoms with Gasteiger partial charge in [0.2, 0.25) is 0 Å². The second-order valence-corrected chi connectivity index (χ2v) is 10.8. The number of imide groups is 1. The third kappa shape index (κ3) is 5.86. The van der Waals surface area contributed by atoms with Crippen molar-refractivity contribution in [1.82, 2.24) is 4.90 Å². The van der Waals surface area contributed by atoms with Crippen LogP contribution in [0.1, 0.15) is 16.7 Å². The van der Waals surface area contributed by atoms with Crippen molar-refractivity contribution in [2.24, 2.45) is 0 Å². The van der Waals surface area contributed by atoms with Crippen LogP contribution >= 0.6 is 66.8 Å². The number of carbonyl (C=O) groups is 2. The summed E-state index contributed by atoms with van der Waals surface area (Å²) in [7, 11) is 0. The normalized spacial score (nSPS) is 14.9. The number of amides is 2. The van der Waals surface area contributed by atoms with E-state index < -0.39 is 5.91 Å². The molecule has 2 amide bonds. The molecule has 34 heavy (non-hydrogen) atoms. The van der Waals surface area contributed by atoms with Crippen molar-refractivity contribution in [3.8, 4) is 5.75 Å². The van der Waals surface area contributed by atoms with Gasteiger partial charge in [-0.05, 0) is 103 Å². The average Bonchev–Trinajstić information content (AvgIpc) is 3.04. The molecular weight excluding hydrogens is 632 g/mol. The molecule has 0 radical (unpaired) electrons. The molecule has 174 valence electrons. The Labute approximate surface area is 226 Å². The quantitative estimate of drug-likeness (QED) is 0.252. The number of hydrogen-bond donors (Lipinski definition) is 0. The van der Waals surface area contributed by atoms with Gasteiger partial charge in [0, 0.05) is 0 Å². The lowest BCUT2D eigenvalue weighted by Crippen LogP contribution is -2.27. The van der Waals surface area contributed by atoms with Gasteiger partial charge in [0.25, 0.3) is 11.1 Å². The Balaban J connectivity index is 1.49. The van der Waals surface area contributed by atoms with E-state index in [1.165, 1.54) is 12.1 Å². The van der Waals surface area contributed by atoms with Crippen molar-refractivity contribution < 1.29 is 18.7 Å². The van der Waals surface area contributed by atoms with Gasteiger partial charge in [-0.25, -0.2) is 4.39 Å². The summed E-state index contributed by atoms with van der Waals surface area (Å²) in [4.78, 5) is 26.7. The lowest BCUT2D eigenvalue weighted by molar-refractivity contribution is -0.123. The van der Waals surface area contributed by atoms with Gasteiger partial charge in [0.05, 0.1) is 30.4 Å². The predicted octanol–water partition coefficient (Wildman–Crippen LogP) is 8.47. The summed E-state index contributed by atoms with van der Waals surface area (Å²) < 4.78 is 20.4. The lowest BCUT2D eigenvalue weighted by Gasteiger charge is -2.13. The van der Waals surface area contributed by atoms with Gasteiger partial charge in [-0.1, -0.05) is 41.4 Å². The van der Waals surface area contributed by atoms with Gasteiger partial charge in [0.15, 0.2) is 0 Å². The number of halogens is 5. The zero-order valence-electron chi connectivity index (χ0n) is 17.2. The van der Waals surface area contributed by atoms with Gasteiger partial charge in [-0.3, -0.25) is 14.5 Å². The largest absolute Gasteiger partial charge is 0.487 e. The molecule has 0 N–H and O–H groups in total. The number of rotatable bonds is 6. The molecule has 3 aromatic rings. The van der Waals surface area contributed by atoms with E-state index in [1.807, 2.05) is 6.07 Å². The highest BCUT2D eigenvalue weighted by atomic mass is 79.9. The minimum absolute atomic E-state index is 0.0805. The maximum Gasteiger partial charge on any atom is 0.293 e. The van der Waals surface area contributed by atoms with Gasteiger partial charge in [-0.15, -0.1) is 0 Å². The second-order valence-electron chi connectivity index (χ2n) is 7.25. The first-order chi connectivity index (χ1) is 16.2. The molecule has 4 nitrogen and oxygen atoms in total. The molecule has 10 heteroatoms. The Morgan fingerprint density at radius 3 is 2.24 bits per heavy atom. The van der Waals surface area contributed by atoms with Gasteiger partial charge >= 0.3 is 0 Å². The molecule has 0 spiro atoms. The van der Waals surface area contributed by atoms with E-state index >= 15 is 0 Å². The van der Waals surface area contributed by atoms with Gasteiger partial charge < -0.3 is 4.74 Å².